The maximum absolute atomic E-state index is 11.9. The number of rotatable bonds is 17. The molecule has 1 unspecified atom stereocenters. The van der Waals surface area contributed by atoms with Gasteiger partial charge in [-0.1, -0.05) is 36.6 Å². The molecule has 51 heavy (non-hydrogen) atoms. The number of carboxylic acids is 1. The average molecular weight is 765 g/mol. The second-order valence-electron chi connectivity index (χ2n) is 13.9. The van der Waals surface area contributed by atoms with Crippen molar-refractivity contribution in [3.8, 4) is 0 Å². The van der Waals surface area contributed by atoms with E-state index in [0.29, 0.717) is 42.6 Å². The highest BCUT2D eigenvalue weighted by Crippen LogP contribution is 2.51. The first kappa shape index (κ1) is 40.4. The van der Waals surface area contributed by atoms with E-state index < -0.39 is 63.6 Å². The number of carboxylic acid groups (broad SMARTS) is 1. The molecule has 0 saturated carbocycles. The Hall–Kier alpha value is -3.41. The van der Waals surface area contributed by atoms with Crippen molar-refractivity contribution in [2.24, 2.45) is 0 Å². The highest BCUT2D eigenvalue weighted by Gasteiger charge is 2.45. The Kier molecular flexibility index (Phi) is 12.1. The van der Waals surface area contributed by atoms with Crippen LogP contribution in [0.15, 0.2) is 65.2 Å². The molecule has 0 aromatic heterocycles. The summed E-state index contributed by atoms with van der Waals surface area (Å²) in [7, 11) is -13.7. The van der Waals surface area contributed by atoms with Gasteiger partial charge in [0.05, 0.1) is 30.5 Å². The van der Waals surface area contributed by atoms with Crippen LogP contribution >= 0.6 is 0 Å². The van der Waals surface area contributed by atoms with Gasteiger partial charge in [-0.3, -0.25) is 4.79 Å². The zero-order valence-electron chi connectivity index (χ0n) is 29.1. The first-order valence-electron chi connectivity index (χ1n) is 16.7. The molecule has 2 aromatic rings. The van der Waals surface area contributed by atoms with Crippen molar-refractivity contribution in [2.45, 2.75) is 88.4 Å². The highest BCUT2D eigenvalue weighted by molar-refractivity contribution is 7.86. The minimum Gasteiger partial charge on any atom is -0.748 e. The topological polar surface area (TPSA) is 215 Å². The molecular weight excluding hydrogens is 721 g/mol. The summed E-state index contributed by atoms with van der Waals surface area (Å²) in [5.74, 6) is -2.01. The van der Waals surface area contributed by atoms with E-state index >= 15 is 0 Å². The second-order valence-corrected chi connectivity index (χ2v) is 18.3. The van der Waals surface area contributed by atoms with Crippen molar-refractivity contribution in [3.05, 3.63) is 77.0 Å². The summed E-state index contributed by atoms with van der Waals surface area (Å²) in [5.41, 5.74) is 4.05. The van der Waals surface area contributed by atoms with Crippen LogP contribution in [-0.2, 0) is 46.0 Å². The van der Waals surface area contributed by atoms with Crippen LogP contribution in [0.5, 0.6) is 0 Å². The van der Waals surface area contributed by atoms with Crippen LogP contribution in [0.3, 0.4) is 0 Å². The normalized spacial score (nSPS) is 19.7. The Morgan fingerprint density at radius 1 is 0.863 bits per heavy atom. The van der Waals surface area contributed by atoms with Gasteiger partial charge in [0.2, 0.25) is 5.69 Å². The van der Waals surface area contributed by atoms with E-state index in [9.17, 15) is 43.7 Å². The van der Waals surface area contributed by atoms with Crippen LogP contribution in [0.2, 0.25) is 0 Å². The fourth-order valence-electron chi connectivity index (χ4n) is 7.18. The number of carbonyl (C=O) groups is 1. The molecular formula is C35H44N2O11S3-2. The summed E-state index contributed by atoms with van der Waals surface area (Å²) in [5, 5.41) is 9.11. The van der Waals surface area contributed by atoms with Gasteiger partial charge in [0, 0.05) is 65.4 Å². The summed E-state index contributed by atoms with van der Waals surface area (Å²) in [6.07, 6.45) is 8.20. The molecule has 0 fully saturated rings. The van der Waals surface area contributed by atoms with E-state index in [4.69, 9.17) is 5.11 Å². The van der Waals surface area contributed by atoms with Crippen molar-refractivity contribution < 1.29 is 53.4 Å². The van der Waals surface area contributed by atoms with Crippen molar-refractivity contribution in [1.82, 2.24) is 0 Å². The average Bonchev–Trinajstić information content (AvgIpc) is 3.34. The van der Waals surface area contributed by atoms with Gasteiger partial charge in [0.15, 0.2) is 5.71 Å². The van der Waals surface area contributed by atoms with E-state index in [1.165, 1.54) is 18.2 Å². The van der Waals surface area contributed by atoms with E-state index in [2.05, 4.69) is 13.0 Å². The molecule has 0 saturated heterocycles. The third kappa shape index (κ3) is 9.73. The molecule has 0 radical (unpaired) electrons. The summed E-state index contributed by atoms with van der Waals surface area (Å²) >= 11 is 0. The smallest absolute Gasteiger partial charge is 0.303 e. The van der Waals surface area contributed by atoms with Crippen molar-refractivity contribution in [2.75, 3.05) is 29.5 Å². The van der Waals surface area contributed by atoms with Gasteiger partial charge >= 0.3 is 5.97 Å². The van der Waals surface area contributed by atoms with Gasteiger partial charge in [-0.15, -0.1) is 0 Å². The first-order valence-corrected chi connectivity index (χ1v) is 21.2. The number of nitrogens with zero attached hydrogens (tertiary/aromatic N) is 2. The molecule has 2 aromatic carbocycles. The second kappa shape index (κ2) is 15.3. The van der Waals surface area contributed by atoms with Crippen LogP contribution < -0.4 is 4.90 Å². The lowest BCUT2D eigenvalue weighted by molar-refractivity contribution is -0.437. The summed E-state index contributed by atoms with van der Waals surface area (Å²) in [4.78, 5) is 12.7. The van der Waals surface area contributed by atoms with Gasteiger partial charge in [-0.2, -0.15) is 4.58 Å². The summed E-state index contributed by atoms with van der Waals surface area (Å²) in [6.45, 7) is 8.09. The zero-order chi connectivity index (χ0) is 38.0. The molecule has 2 heterocycles. The Bertz CT molecular complexity index is 2100. The van der Waals surface area contributed by atoms with Crippen LogP contribution in [0, 0.1) is 6.92 Å². The van der Waals surface area contributed by atoms with E-state index in [0.717, 1.165) is 22.5 Å². The van der Waals surface area contributed by atoms with Crippen molar-refractivity contribution in [1.29, 1.82) is 0 Å². The number of benzene rings is 2. The number of anilines is 1. The molecule has 0 spiro atoms. The molecule has 0 amide bonds. The lowest BCUT2D eigenvalue weighted by Crippen LogP contribution is -2.30. The quantitative estimate of drug-likeness (QED) is 0.135. The van der Waals surface area contributed by atoms with Gasteiger partial charge in [0.1, 0.15) is 16.7 Å². The zero-order valence-corrected chi connectivity index (χ0v) is 31.6. The van der Waals surface area contributed by atoms with Crippen LogP contribution in [-0.4, -0.2) is 84.9 Å². The SMILES string of the molecule is Cc1ccc2c(c1)C(C)(CCCCCC(=O)O)C(=CC=CC1=[N+](CCCS(=O)(=O)[O-])c3ccc(S(=O)(=O)[O-])cc3C1(C)C)N2CCCS(=O)(=O)[O-]. The summed E-state index contributed by atoms with van der Waals surface area (Å²) in [6, 6.07) is 10.00. The first-order chi connectivity index (χ1) is 23.5. The highest BCUT2D eigenvalue weighted by atomic mass is 32.2. The molecule has 13 nitrogen and oxygen atoms in total. The van der Waals surface area contributed by atoms with Crippen molar-refractivity contribution in [3.63, 3.8) is 0 Å². The Balaban J connectivity index is 1.81. The Morgan fingerprint density at radius 3 is 2.16 bits per heavy atom. The lowest BCUT2D eigenvalue weighted by atomic mass is 9.76. The van der Waals surface area contributed by atoms with Crippen LogP contribution in [0.25, 0.3) is 0 Å². The standard InChI is InChI=1S/C35H46N2O11S3/c1-25-14-16-30-28(23-25)35(4,18-7-5-6-13-33(38)39)32(37(30)20-10-22-50(43,44)45)12-8-11-31-34(2,3)27-24-26(51(46,47)48)15-17-29(27)36(31)19-9-21-49(40,41)42/h8,11-12,14-17,23-24H,5-7,9-10,13,18-22H2,1-4H3,(H3-,38,39,40,41,42,43,44,45,46,47,48)/p-2. The number of aryl methyl sites for hydroxylation is 1. The number of fused-ring (bicyclic) bond motifs is 2. The van der Waals surface area contributed by atoms with Gasteiger partial charge in [0.25, 0.3) is 0 Å². The van der Waals surface area contributed by atoms with E-state index in [1.54, 1.807) is 6.08 Å². The fourth-order valence-corrected chi connectivity index (χ4v) is 8.64. The van der Waals surface area contributed by atoms with Crippen LogP contribution in [0.1, 0.15) is 82.4 Å². The predicted molar refractivity (Wildman–Crippen MR) is 189 cm³/mol. The molecule has 1 atom stereocenters. The maximum atomic E-state index is 11.9. The Morgan fingerprint density at radius 2 is 1.53 bits per heavy atom. The predicted octanol–water partition coefficient (Wildman–Crippen LogP) is 4.40. The number of allylic oxidation sites excluding steroid dienone is 4. The molecule has 4 rings (SSSR count). The van der Waals surface area contributed by atoms with E-state index in [-0.39, 0.29) is 32.4 Å². The molecule has 2 aliphatic rings. The lowest BCUT2D eigenvalue weighted by Gasteiger charge is -2.31. The van der Waals surface area contributed by atoms with Crippen LogP contribution in [0.4, 0.5) is 11.4 Å². The Labute approximate surface area is 300 Å². The maximum Gasteiger partial charge on any atom is 0.303 e. The minimum absolute atomic E-state index is 0.00754. The van der Waals surface area contributed by atoms with Crippen molar-refractivity contribution >= 4 is 53.4 Å². The number of unbranched alkanes of at least 4 members (excludes halogenated alkanes) is 2. The molecule has 2 aliphatic heterocycles. The molecule has 0 bridgehead atoms. The monoisotopic (exact) mass is 764 g/mol. The number of hydrogen-bond acceptors (Lipinski definition) is 11. The largest absolute Gasteiger partial charge is 0.748 e. The third-order valence-corrected chi connectivity index (χ3v) is 12.1. The molecule has 280 valence electrons. The van der Waals surface area contributed by atoms with Gasteiger partial charge < -0.3 is 23.7 Å². The third-order valence-electron chi connectivity index (χ3n) is 9.67. The van der Waals surface area contributed by atoms with Gasteiger partial charge in [-0.25, -0.2) is 25.3 Å². The minimum atomic E-state index is -4.77. The molecule has 1 N–H and O–H groups in total. The number of hydrogen-bond donors (Lipinski definition) is 1. The molecule has 0 aliphatic carbocycles. The fraction of sp³-hybridized carbons (Fsp3) is 0.486. The molecule has 16 heteroatoms. The van der Waals surface area contributed by atoms with Gasteiger partial charge in [-0.05, 0) is 76.8 Å². The van der Waals surface area contributed by atoms with E-state index in [1.807, 2.05) is 54.5 Å². The number of aliphatic carboxylic acids is 1. The summed E-state index contributed by atoms with van der Waals surface area (Å²) < 4.78 is 106.